The Balaban J connectivity index is 2.76. The van der Waals surface area contributed by atoms with Crippen LogP contribution < -0.4 is 5.32 Å². The van der Waals surface area contributed by atoms with E-state index in [2.05, 4.69) is 20.4 Å². The Morgan fingerprint density at radius 3 is 2.94 bits per heavy atom. The van der Waals surface area contributed by atoms with Crippen molar-refractivity contribution in [2.75, 3.05) is 12.4 Å². The second-order valence-electron chi connectivity index (χ2n) is 3.44. The van der Waals surface area contributed by atoms with Crippen molar-refractivity contribution in [2.45, 2.75) is 26.9 Å². The first kappa shape index (κ1) is 12.7. The third kappa shape index (κ3) is 3.34. The Bertz CT molecular complexity index is 379. The largest absolute Gasteiger partial charge is 0.349 e. The monoisotopic (exact) mass is 241 g/mol. The number of hydrogen-bond donors (Lipinski definition) is 1. The van der Waals surface area contributed by atoms with E-state index >= 15 is 0 Å². The van der Waals surface area contributed by atoms with Gasteiger partial charge in [-0.25, -0.2) is 9.97 Å². The Morgan fingerprint density at radius 1 is 1.62 bits per heavy atom. The number of halogens is 1. The molecule has 0 aliphatic rings. The zero-order chi connectivity index (χ0) is 12.1. The standard InChI is InChI=1S/C10H16ClN5/c1-5-13-16(4)8(3)14-9-7(2)6-12-10(11)15-9/h5-6,8H,1-4H3,(H,12,14,15)/b13-5-. The lowest BCUT2D eigenvalue weighted by molar-refractivity contribution is 0.297. The first-order chi connectivity index (χ1) is 7.54. The molecule has 1 atom stereocenters. The van der Waals surface area contributed by atoms with E-state index in [1.54, 1.807) is 17.4 Å². The van der Waals surface area contributed by atoms with Crippen LogP contribution in [0.25, 0.3) is 0 Å². The maximum atomic E-state index is 5.74. The Hall–Kier alpha value is -1.36. The van der Waals surface area contributed by atoms with Crippen LogP contribution >= 0.6 is 11.6 Å². The molecule has 0 saturated heterocycles. The van der Waals surface area contributed by atoms with Crippen LogP contribution in [0.15, 0.2) is 11.3 Å². The van der Waals surface area contributed by atoms with Gasteiger partial charge in [0, 0.05) is 25.0 Å². The van der Waals surface area contributed by atoms with E-state index in [1.165, 1.54) is 0 Å². The molecule has 0 bridgehead atoms. The molecule has 88 valence electrons. The molecule has 0 radical (unpaired) electrons. The van der Waals surface area contributed by atoms with Crippen molar-refractivity contribution in [3.63, 3.8) is 0 Å². The van der Waals surface area contributed by atoms with Crippen molar-refractivity contribution < 1.29 is 0 Å². The molecule has 1 N–H and O–H groups in total. The molecule has 1 aromatic rings. The molecule has 0 aromatic carbocycles. The van der Waals surface area contributed by atoms with Gasteiger partial charge in [-0.3, -0.25) is 5.01 Å². The average molecular weight is 242 g/mol. The quantitative estimate of drug-likeness (QED) is 0.380. The summed E-state index contributed by atoms with van der Waals surface area (Å²) in [6, 6.07) is 0. The van der Waals surface area contributed by atoms with E-state index in [0.29, 0.717) is 0 Å². The van der Waals surface area contributed by atoms with Crippen molar-refractivity contribution in [3.05, 3.63) is 17.0 Å². The predicted molar refractivity (Wildman–Crippen MR) is 66.8 cm³/mol. The summed E-state index contributed by atoms with van der Waals surface area (Å²) in [6.07, 6.45) is 3.45. The van der Waals surface area contributed by atoms with Crippen LogP contribution in [0.1, 0.15) is 19.4 Å². The highest BCUT2D eigenvalue weighted by atomic mass is 35.5. The molecular formula is C10H16ClN5. The van der Waals surface area contributed by atoms with E-state index in [0.717, 1.165) is 11.4 Å². The van der Waals surface area contributed by atoms with Crippen molar-refractivity contribution in [1.29, 1.82) is 0 Å². The third-order valence-corrected chi connectivity index (χ3v) is 2.33. The van der Waals surface area contributed by atoms with Crippen molar-refractivity contribution in [2.24, 2.45) is 5.10 Å². The summed E-state index contributed by atoms with van der Waals surface area (Å²) >= 11 is 5.74. The molecule has 16 heavy (non-hydrogen) atoms. The van der Waals surface area contributed by atoms with Gasteiger partial charge in [0.15, 0.2) is 0 Å². The van der Waals surface area contributed by atoms with Gasteiger partial charge in [-0.15, -0.1) is 0 Å². The van der Waals surface area contributed by atoms with Crippen LogP contribution in [0, 0.1) is 6.92 Å². The highest BCUT2D eigenvalue weighted by Crippen LogP contribution is 2.14. The van der Waals surface area contributed by atoms with E-state index < -0.39 is 0 Å². The van der Waals surface area contributed by atoms with Crippen LogP contribution in [0.3, 0.4) is 0 Å². The summed E-state index contributed by atoms with van der Waals surface area (Å²) in [5.74, 6) is 0.727. The lowest BCUT2D eigenvalue weighted by Gasteiger charge is -2.23. The van der Waals surface area contributed by atoms with Gasteiger partial charge in [-0.1, -0.05) is 0 Å². The molecule has 1 unspecified atom stereocenters. The summed E-state index contributed by atoms with van der Waals surface area (Å²) in [4.78, 5) is 8.02. The highest BCUT2D eigenvalue weighted by Gasteiger charge is 2.09. The highest BCUT2D eigenvalue weighted by molar-refractivity contribution is 6.28. The van der Waals surface area contributed by atoms with Gasteiger partial charge >= 0.3 is 0 Å². The molecule has 0 aliphatic heterocycles. The summed E-state index contributed by atoms with van der Waals surface area (Å²) in [5, 5.41) is 9.39. The molecule has 6 heteroatoms. The van der Waals surface area contributed by atoms with Gasteiger partial charge in [0.1, 0.15) is 12.0 Å². The van der Waals surface area contributed by atoms with Gasteiger partial charge in [0.25, 0.3) is 0 Å². The van der Waals surface area contributed by atoms with Crippen molar-refractivity contribution >= 4 is 23.6 Å². The summed E-state index contributed by atoms with van der Waals surface area (Å²) in [5.41, 5.74) is 0.949. The molecule has 0 aliphatic carbocycles. The number of aryl methyl sites for hydroxylation is 1. The lowest BCUT2D eigenvalue weighted by Crippen LogP contribution is -2.32. The van der Waals surface area contributed by atoms with E-state index in [4.69, 9.17) is 11.6 Å². The first-order valence-electron chi connectivity index (χ1n) is 5.01. The first-order valence-corrected chi connectivity index (χ1v) is 5.39. The molecule has 0 saturated carbocycles. The van der Waals surface area contributed by atoms with Gasteiger partial charge in [-0.2, -0.15) is 5.10 Å². The minimum atomic E-state index is 0.0286. The zero-order valence-electron chi connectivity index (χ0n) is 9.90. The SMILES string of the molecule is C/C=N\N(C)C(C)Nc1nc(Cl)ncc1C. The number of anilines is 1. The number of rotatable bonds is 4. The molecule has 0 amide bonds. The molecule has 1 rings (SSSR count). The van der Waals surface area contributed by atoms with Gasteiger partial charge < -0.3 is 5.32 Å². The maximum Gasteiger partial charge on any atom is 0.224 e. The molecule has 5 nitrogen and oxygen atoms in total. The fourth-order valence-corrected chi connectivity index (χ4v) is 1.27. The van der Waals surface area contributed by atoms with Gasteiger partial charge in [-0.05, 0) is 32.4 Å². The molecular weight excluding hydrogens is 226 g/mol. The van der Waals surface area contributed by atoms with Gasteiger partial charge in [0.05, 0.1) is 0 Å². The minimum Gasteiger partial charge on any atom is -0.349 e. The molecule has 1 heterocycles. The number of nitrogens with zero attached hydrogens (tertiary/aromatic N) is 4. The van der Waals surface area contributed by atoms with Crippen LogP contribution in [-0.4, -0.2) is 34.4 Å². The van der Waals surface area contributed by atoms with Gasteiger partial charge in [0.2, 0.25) is 5.28 Å². The second-order valence-corrected chi connectivity index (χ2v) is 3.78. The fraction of sp³-hybridized carbons (Fsp3) is 0.500. The van der Waals surface area contributed by atoms with Crippen molar-refractivity contribution in [3.8, 4) is 0 Å². The number of nitrogens with one attached hydrogen (secondary N) is 1. The third-order valence-electron chi connectivity index (χ3n) is 2.15. The zero-order valence-corrected chi connectivity index (χ0v) is 10.7. The molecule has 1 aromatic heterocycles. The van der Waals surface area contributed by atoms with Crippen LogP contribution in [0.5, 0.6) is 0 Å². The lowest BCUT2D eigenvalue weighted by atomic mass is 10.3. The minimum absolute atomic E-state index is 0.0286. The Labute approximate surface area is 101 Å². The van der Waals surface area contributed by atoms with Crippen molar-refractivity contribution in [1.82, 2.24) is 15.0 Å². The summed E-state index contributed by atoms with van der Waals surface area (Å²) < 4.78 is 0. The summed E-state index contributed by atoms with van der Waals surface area (Å²) in [6.45, 7) is 5.78. The van der Waals surface area contributed by atoms with Crippen LogP contribution in [0.4, 0.5) is 5.82 Å². The average Bonchev–Trinajstić information content (AvgIpc) is 2.23. The number of hydrogen-bond acceptors (Lipinski definition) is 5. The maximum absolute atomic E-state index is 5.74. The molecule has 0 fully saturated rings. The van der Waals surface area contributed by atoms with E-state index in [1.807, 2.05) is 27.8 Å². The Kier molecular flexibility index (Phi) is 4.49. The summed E-state index contributed by atoms with van der Waals surface area (Å²) in [7, 11) is 1.88. The van der Waals surface area contributed by atoms with E-state index in [-0.39, 0.29) is 11.4 Å². The second kappa shape index (κ2) is 5.65. The van der Waals surface area contributed by atoms with E-state index in [9.17, 15) is 0 Å². The number of hydrazone groups is 1. The van der Waals surface area contributed by atoms with Crippen LogP contribution in [-0.2, 0) is 0 Å². The normalized spacial score (nSPS) is 12.8. The number of aromatic nitrogens is 2. The topological polar surface area (TPSA) is 53.4 Å². The predicted octanol–water partition coefficient (Wildman–Crippen LogP) is 2.13. The van der Waals surface area contributed by atoms with Crippen LogP contribution in [0.2, 0.25) is 5.28 Å². The molecule has 0 spiro atoms. The fourth-order valence-electron chi connectivity index (χ4n) is 1.14. The Morgan fingerprint density at radius 2 is 2.31 bits per heavy atom. The smallest absolute Gasteiger partial charge is 0.224 e.